The van der Waals surface area contributed by atoms with Crippen molar-refractivity contribution < 1.29 is 4.74 Å². The quantitative estimate of drug-likeness (QED) is 0.592. The third-order valence-corrected chi connectivity index (χ3v) is 2.73. The van der Waals surface area contributed by atoms with Crippen LogP contribution in [0.15, 0.2) is 0 Å². The molecule has 0 aliphatic carbocycles. The lowest BCUT2D eigenvalue weighted by Gasteiger charge is -2.28. The van der Waals surface area contributed by atoms with Crippen LogP contribution < -0.4 is 5.32 Å². The number of likely N-dealkylation sites (N-methyl/N-ethyl adjacent to an activating group) is 2. The number of hydrogen-bond donors (Lipinski definition) is 1. The highest BCUT2D eigenvalue weighted by molar-refractivity contribution is 4.71. The molecule has 16 heavy (non-hydrogen) atoms. The molecule has 0 aliphatic heterocycles. The first kappa shape index (κ1) is 15.8. The first-order valence-corrected chi connectivity index (χ1v) is 6.16. The number of nitrogens with one attached hydrogen (secondary N) is 1. The van der Waals surface area contributed by atoms with Crippen LogP contribution in [0.4, 0.5) is 0 Å². The second-order valence-electron chi connectivity index (χ2n) is 4.55. The predicted molar refractivity (Wildman–Crippen MR) is 70.0 cm³/mol. The van der Waals surface area contributed by atoms with Crippen molar-refractivity contribution in [3.63, 3.8) is 0 Å². The number of nitrogens with zero attached hydrogens (tertiary/aromatic N) is 2. The summed E-state index contributed by atoms with van der Waals surface area (Å²) < 4.78 is 5.26. The van der Waals surface area contributed by atoms with Gasteiger partial charge in [-0.1, -0.05) is 6.92 Å². The SMILES string of the molecule is CCNCC(COC)N(C)CCCN(C)C. The average Bonchev–Trinajstić information content (AvgIpc) is 2.23. The van der Waals surface area contributed by atoms with Crippen LogP contribution in [0.2, 0.25) is 0 Å². The van der Waals surface area contributed by atoms with Crippen LogP contribution in [-0.4, -0.2) is 76.9 Å². The van der Waals surface area contributed by atoms with Gasteiger partial charge in [0.25, 0.3) is 0 Å². The molecule has 0 amide bonds. The summed E-state index contributed by atoms with van der Waals surface area (Å²) in [5.74, 6) is 0. The van der Waals surface area contributed by atoms with E-state index in [0.29, 0.717) is 6.04 Å². The standard InChI is InChI=1S/C12H29N3O/c1-6-13-10-12(11-16-5)15(4)9-7-8-14(2)3/h12-13H,6-11H2,1-5H3. The molecule has 0 aliphatic rings. The van der Waals surface area contributed by atoms with Gasteiger partial charge in [-0.05, 0) is 47.2 Å². The molecule has 98 valence electrons. The van der Waals surface area contributed by atoms with Crippen molar-refractivity contribution in [3.05, 3.63) is 0 Å². The van der Waals surface area contributed by atoms with Crippen LogP contribution in [-0.2, 0) is 4.74 Å². The van der Waals surface area contributed by atoms with Gasteiger partial charge in [-0.15, -0.1) is 0 Å². The maximum Gasteiger partial charge on any atom is 0.0630 e. The molecule has 1 N–H and O–H groups in total. The monoisotopic (exact) mass is 231 g/mol. The molecule has 4 nitrogen and oxygen atoms in total. The molecule has 0 heterocycles. The van der Waals surface area contributed by atoms with Crippen LogP contribution in [0.1, 0.15) is 13.3 Å². The Morgan fingerprint density at radius 3 is 2.38 bits per heavy atom. The van der Waals surface area contributed by atoms with E-state index in [2.05, 4.69) is 43.2 Å². The molecule has 0 aromatic rings. The summed E-state index contributed by atoms with van der Waals surface area (Å²) >= 11 is 0. The van der Waals surface area contributed by atoms with E-state index in [1.807, 2.05) is 0 Å². The van der Waals surface area contributed by atoms with E-state index in [4.69, 9.17) is 4.74 Å². The smallest absolute Gasteiger partial charge is 0.0630 e. The van der Waals surface area contributed by atoms with E-state index < -0.39 is 0 Å². The molecular formula is C12H29N3O. The Labute approximate surface area is 101 Å². The molecule has 0 bridgehead atoms. The van der Waals surface area contributed by atoms with Gasteiger partial charge in [-0.25, -0.2) is 0 Å². The second kappa shape index (κ2) is 10.0. The first-order valence-electron chi connectivity index (χ1n) is 6.16. The topological polar surface area (TPSA) is 27.7 Å². The van der Waals surface area contributed by atoms with Gasteiger partial charge in [0, 0.05) is 19.7 Å². The van der Waals surface area contributed by atoms with Crippen molar-refractivity contribution in [2.75, 3.05) is 61.0 Å². The van der Waals surface area contributed by atoms with E-state index >= 15 is 0 Å². The van der Waals surface area contributed by atoms with Gasteiger partial charge in [-0.2, -0.15) is 0 Å². The zero-order valence-corrected chi connectivity index (χ0v) is 11.6. The van der Waals surface area contributed by atoms with Gasteiger partial charge in [0.2, 0.25) is 0 Å². The fourth-order valence-corrected chi connectivity index (χ4v) is 1.66. The van der Waals surface area contributed by atoms with Crippen molar-refractivity contribution >= 4 is 0 Å². The highest BCUT2D eigenvalue weighted by Gasteiger charge is 2.13. The molecule has 0 aromatic carbocycles. The van der Waals surface area contributed by atoms with E-state index in [-0.39, 0.29) is 0 Å². The summed E-state index contributed by atoms with van der Waals surface area (Å²) in [5, 5.41) is 3.38. The van der Waals surface area contributed by atoms with Crippen LogP contribution in [0.3, 0.4) is 0 Å². The molecule has 1 unspecified atom stereocenters. The van der Waals surface area contributed by atoms with Crippen molar-refractivity contribution in [2.24, 2.45) is 0 Å². The molecule has 0 saturated heterocycles. The van der Waals surface area contributed by atoms with E-state index in [9.17, 15) is 0 Å². The maximum absolute atomic E-state index is 5.26. The number of rotatable bonds is 10. The van der Waals surface area contributed by atoms with Crippen molar-refractivity contribution in [1.82, 2.24) is 15.1 Å². The number of hydrogen-bond acceptors (Lipinski definition) is 4. The minimum Gasteiger partial charge on any atom is -0.383 e. The number of ether oxygens (including phenoxy) is 1. The molecule has 4 heteroatoms. The summed E-state index contributed by atoms with van der Waals surface area (Å²) in [5.41, 5.74) is 0. The highest BCUT2D eigenvalue weighted by Crippen LogP contribution is 1.98. The molecular weight excluding hydrogens is 202 g/mol. The third-order valence-electron chi connectivity index (χ3n) is 2.73. The largest absolute Gasteiger partial charge is 0.383 e. The van der Waals surface area contributed by atoms with Crippen LogP contribution in [0.5, 0.6) is 0 Å². The molecule has 0 fully saturated rings. The average molecular weight is 231 g/mol. The summed E-state index contributed by atoms with van der Waals surface area (Å²) in [6, 6.07) is 0.479. The van der Waals surface area contributed by atoms with E-state index in [0.717, 1.165) is 32.8 Å². The Kier molecular flexibility index (Phi) is 9.92. The Hall–Kier alpha value is -0.160. The van der Waals surface area contributed by atoms with Crippen LogP contribution in [0, 0.1) is 0 Å². The molecule has 0 saturated carbocycles. The summed E-state index contributed by atoms with van der Waals surface area (Å²) in [6.45, 7) is 7.22. The van der Waals surface area contributed by atoms with E-state index in [1.54, 1.807) is 7.11 Å². The van der Waals surface area contributed by atoms with Gasteiger partial charge >= 0.3 is 0 Å². The minimum absolute atomic E-state index is 0.479. The molecule has 0 aromatic heterocycles. The molecule has 1 atom stereocenters. The van der Waals surface area contributed by atoms with Crippen LogP contribution in [0.25, 0.3) is 0 Å². The summed E-state index contributed by atoms with van der Waals surface area (Å²) in [6.07, 6.45) is 1.20. The molecule has 0 radical (unpaired) electrons. The van der Waals surface area contributed by atoms with Crippen molar-refractivity contribution in [3.8, 4) is 0 Å². The van der Waals surface area contributed by atoms with Crippen LogP contribution >= 0.6 is 0 Å². The third kappa shape index (κ3) is 8.05. The van der Waals surface area contributed by atoms with Gasteiger partial charge in [0.1, 0.15) is 0 Å². The lowest BCUT2D eigenvalue weighted by molar-refractivity contribution is 0.103. The van der Waals surface area contributed by atoms with Gasteiger partial charge in [0.05, 0.1) is 6.61 Å². The highest BCUT2D eigenvalue weighted by atomic mass is 16.5. The second-order valence-corrected chi connectivity index (χ2v) is 4.55. The van der Waals surface area contributed by atoms with Crippen molar-refractivity contribution in [2.45, 2.75) is 19.4 Å². The molecule has 0 spiro atoms. The van der Waals surface area contributed by atoms with Gasteiger partial charge < -0.3 is 15.0 Å². The van der Waals surface area contributed by atoms with Gasteiger partial charge in [0.15, 0.2) is 0 Å². The zero-order valence-electron chi connectivity index (χ0n) is 11.6. The normalized spacial score (nSPS) is 13.7. The van der Waals surface area contributed by atoms with Gasteiger partial charge in [-0.3, -0.25) is 4.90 Å². The lowest BCUT2D eigenvalue weighted by Crippen LogP contribution is -2.43. The van der Waals surface area contributed by atoms with E-state index in [1.165, 1.54) is 6.42 Å². The Bertz CT molecular complexity index is 153. The fraction of sp³-hybridized carbons (Fsp3) is 1.00. The summed E-state index contributed by atoms with van der Waals surface area (Å²) in [7, 11) is 8.18. The minimum atomic E-state index is 0.479. The zero-order chi connectivity index (χ0) is 12.4. The van der Waals surface area contributed by atoms with Crippen molar-refractivity contribution in [1.29, 1.82) is 0 Å². The lowest BCUT2D eigenvalue weighted by atomic mass is 10.2. The maximum atomic E-state index is 5.26. The molecule has 0 rings (SSSR count). The summed E-state index contributed by atoms with van der Waals surface area (Å²) in [4.78, 5) is 4.61. The fourth-order valence-electron chi connectivity index (χ4n) is 1.66. The Morgan fingerprint density at radius 1 is 1.19 bits per heavy atom. The predicted octanol–water partition coefficient (Wildman–Crippen LogP) is 0.494. The number of methoxy groups -OCH3 is 1. The first-order chi connectivity index (χ1) is 7.61. The Morgan fingerprint density at radius 2 is 1.88 bits per heavy atom. The Balaban J connectivity index is 3.81.